The molecular formula is C8H9FO3S. The molecule has 0 amide bonds. The second-order valence-electron chi connectivity index (χ2n) is 2.69. The Balaban J connectivity index is 2.74. The molecule has 0 saturated heterocycles. The largest absolute Gasteiger partial charge is 0.465 e. The van der Waals surface area contributed by atoms with E-state index >= 15 is 0 Å². The molecule has 0 N–H and O–H groups in total. The zero-order chi connectivity index (χ0) is 9.90. The van der Waals surface area contributed by atoms with E-state index in [0.717, 1.165) is 0 Å². The number of rotatable bonds is 3. The van der Waals surface area contributed by atoms with Crippen molar-refractivity contribution in [1.82, 2.24) is 0 Å². The third-order valence-electron chi connectivity index (χ3n) is 1.33. The van der Waals surface area contributed by atoms with Crippen LogP contribution in [0.15, 0.2) is 28.4 Å². The normalized spacial score (nSPS) is 13.2. The first kappa shape index (κ1) is 9.98. The molecular weight excluding hydrogens is 195 g/mol. The second-order valence-corrected chi connectivity index (χ2v) is 4.06. The summed E-state index contributed by atoms with van der Waals surface area (Å²) >= 11 is 0. The van der Waals surface area contributed by atoms with Crippen molar-refractivity contribution >= 4 is 16.3 Å². The predicted molar refractivity (Wildman–Crippen MR) is 47.3 cm³/mol. The summed E-state index contributed by atoms with van der Waals surface area (Å²) in [5.74, 6) is -0.0746. The lowest BCUT2D eigenvalue weighted by Gasteiger charge is -1.94. The van der Waals surface area contributed by atoms with Gasteiger partial charge in [-0.15, -0.1) is 3.89 Å². The van der Waals surface area contributed by atoms with E-state index in [4.69, 9.17) is 4.42 Å². The second kappa shape index (κ2) is 3.74. The van der Waals surface area contributed by atoms with Crippen LogP contribution >= 0.6 is 0 Å². The lowest BCUT2D eigenvalue weighted by atomic mass is 10.3. The standard InChI is InChI=1S/C8H9FO3S/c1-7(6-13(9,10)11)5-8-3-2-4-12-8/h2-5H,6H2,1H3/b7-5+. The van der Waals surface area contributed by atoms with E-state index in [0.29, 0.717) is 11.3 Å². The molecule has 3 nitrogen and oxygen atoms in total. The minimum absolute atomic E-state index is 0.400. The molecule has 1 aromatic rings. The van der Waals surface area contributed by atoms with Crippen molar-refractivity contribution < 1.29 is 16.7 Å². The molecule has 1 aromatic heterocycles. The zero-order valence-corrected chi connectivity index (χ0v) is 7.84. The highest BCUT2D eigenvalue weighted by Gasteiger charge is 2.07. The Bertz CT molecular complexity index is 389. The van der Waals surface area contributed by atoms with Crippen LogP contribution in [0.25, 0.3) is 6.08 Å². The number of hydrogen-bond donors (Lipinski definition) is 0. The Kier molecular flexibility index (Phi) is 2.87. The summed E-state index contributed by atoms with van der Waals surface area (Å²) in [6, 6.07) is 3.33. The maximum atomic E-state index is 12.2. The van der Waals surface area contributed by atoms with Crippen molar-refractivity contribution in [2.24, 2.45) is 0 Å². The van der Waals surface area contributed by atoms with Crippen LogP contribution in [0.4, 0.5) is 3.89 Å². The number of hydrogen-bond acceptors (Lipinski definition) is 3. The molecule has 0 unspecified atom stereocenters. The van der Waals surface area contributed by atoms with Crippen LogP contribution in [0.3, 0.4) is 0 Å². The third-order valence-corrected chi connectivity index (χ3v) is 2.13. The van der Waals surface area contributed by atoms with Gasteiger partial charge in [0.05, 0.1) is 6.26 Å². The Morgan fingerprint density at radius 1 is 1.69 bits per heavy atom. The molecule has 0 aliphatic carbocycles. The van der Waals surface area contributed by atoms with Gasteiger partial charge in [-0.25, -0.2) is 0 Å². The Labute approximate surface area is 76.1 Å². The molecule has 0 atom stereocenters. The van der Waals surface area contributed by atoms with E-state index < -0.39 is 16.0 Å². The zero-order valence-electron chi connectivity index (χ0n) is 7.03. The fourth-order valence-electron chi connectivity index (χ4n) is 0.930. The molecule has 13 heavy (non-hydrogen) atoms. The van der Waals surface area contributed by atoms with Crippen molar-refractivity contribution in [1.29, 1.82) is 0 Å². The Morgan fingerprint density at radius 2 is 2.38 bits per heavy atom. The molecule has 1 heterocycles. The van der Waals surface area contributed by atoms with Gasteiger partial charge in [-0.05, 0) is 25.1 Å². The van der Waals surface area contributed by atoms with Crippen molar-refractivity contribution in [3.63, 3.8) is 0 Å². The first-order valence-electron chi connectivity index (χ1n) is 3.60. The summed E-state index contributed by atoms with van der Waals surface area (Å²) in [7, 11) is -4.44. The first-order valence-corrected chi connectivity index (χ1v) is 5.16. The lowest BCUT2D eigenvalue weighted by molar-refractivity contribution is 0.553. The van der Waals surface area contributed by atoms with Crippen LogP contribution in [-0.4, -0.2) is 14.2 Å². The van der Waals surface area contributed by atoms with Crippen molar-refractivity contribution in [3.8, 4) is 0 Å². The van der Waals surface area contributed by atoms with Gasteiger partial charge in [0.2, 0.25) is 0 Å². The highest BCUT2D eigenvalue weighted by atomic mass is 32.3. The summed E-state index contributed by atoms with van der Waals surface area (Å²) in [6.45, 7) is 1.53. The van der Waals surface area contributed by atoms with Gasteiger partial charge in [0.25, 0.3) is 0 Å². The van der Waals surface area contributed by atoms with Gasteiger partial charge in [0, 0.05) is 0 Å². The fourth-order valence-corrected chi connectivity index (χ4v) is 1.56. The van der Waals surface area contributed by atoms with Gasteiger partial charge in [-0.3, -0.25) is 0 Å². The van der Waals surface area contributed by atoms with Crippen molar-refractivity contribution in [3.05, 3.63) is 29.7 Å². The monoisotopic (exact) mass is 204 g/mol. The summed E-state index contributed by atoms with van der Waals surface area (Å²) < 4.78 is 37.6. The maximum absolute atomic E-state index is 12.2. The molecule has 72 valence electrons. The number of halogens is 1. The quantitative estimate of drug-likeness (QED) is 0.707. The minimum atomic E-state index is -4.44. The molecule has 0 spiro atoms. The van der Waals surface area contributed by atoms with E-state index in [9.17, 15) is 12.3 Å². The summed E-state index contributed by atoms with van der Waals surface area (Å²) in [5, 5.41) is 0. The fraction of sp³-hybridized carbons (Fsp3) is 0.250. The van der Waals surface area contributed by atoms with Crippen LogP contribution in [0.2, 0.25) is 0 Å². The molecule has 0 aliphatic rings. The average molecular weight is 204 g/mol. The highest BCUT2D eigenvalue weighted by molar-refractivity contribution is 7.86. The Hall–Kier alpha value is -1.10. The van der Waals surface area contributed by atoms with E-state index in [1.54, 1.807) is 12.1 Å². The topological polar surface area (TPSA) is 47.3 Å². The van der Waals surface area contributed by atoms with Gasteiger partial charge in [-0.2, -0.15) is 8.42 Å². The average Bonchev–Trinajstić information content (AvgIpc) is 2.34. The Morgan fingerprint density at radius 3 is 2.85 bits per heavy atom. The van der Waals surface area contributed by atoms with Gasteiger partial charge in [0.15, 0.2) is 0 Å². The predicted octanol–water partition coefficient (Wildman–Crippen LogP) is 1.98. The van der Waals surface area contributed by atoms with E-state index in [-0.39, 0.29) is 0 Å². The summed E-state index contributed by atoms with van der Waals surface area (Å²) in [5.41, 5.74) is 0.400. The van der Waals surface area contributed by atoms with Gasteiger partial charge in [-0.1, -0.05) is 5.57 Å². The molecule has 5 heteroatoms. The molecule has 0 fully saturated rings. The molecule has 0 radical (unpaired) electrons. The van der Waals surface area contributed by atoms with Gasteiger partial charge in [0.1, 0.15) is 11.5 Å². The van der Waals surface area contributed by atoms with E-state index in [1.165, 1.54) is 19.3 Å². The molecule has 0 aliphatic heterocycles. The van der Waals surface area contributed by atoms with Crippen LogP contribution in [-0.2, 0) is 10.2 Å². The lowest BCUT2D eigenvalue weighted by Crippen LogP contribution is -1.98. The van der Waals surface area contributed by atoms with Crippen molar-refractivity contribution in [2.45, 2.75) is 6.92 Å². The minimum Gasteiger partial charge on any atom is -0.465 e. The molecule has 0 saturated carbocycles. The van der Waals surface area contributed by atoms with E-state index in [2.05, 4.69) is 0 Å². The smallest absolute Gasteiger partial charge is 0.306 e. The van der Waals surface area contributed by atoms with E-state index in [1.807, 2.05) is 0 Å². The van der Waals surface area contributed by atoms with Crippen LogP contribution in [0, 0.1) is 0 Å². The van der Waals surface area contributed by atoms with Gasteiger partial charge < -0.3 is 4.42 Å². The van der Waals surface area contributed by atoms with Crippen molar-refractivity contribution in [2.75, 3.05) is 5.75 Å². The first-order chi connectivity index (χ1) is 5.97. The third kappa shape index (κ3) is 3.89. The van der Waals surface area contributed by atoms with Crippen LogP contribution in [0.1, 0.15) is 12.7 Å². The highest BCUT2D eigenvalue weighted by Crippen LogP contribution is 2.09. The molecule has 1 rings (SSSR count). The van der Waals surface area contributed by atoms with Crippen LogP contribution in [0.5, 0.6) is 0 Å². The maximum Gasteiger partial charge on any atom is 0.306 e. The molecule has 0 aromatic carbocycles. The summed E-state index contributed by atoms with van der Waals surface area (Å²) in [6.07, 6.45) is 2.94. The SMILES string of the molecule is C/C(=C\c1ccco1)CS(=O)(=O)F. The number of furan rings is 1. The molecule has 0 bridgehead atoms. The van der Waals surface area contributed by atoms with Gasteiger partial charge >= 0.3 is 10.2 Å². The summed E-state index contributed by atoms with van der Waals surface area (Å²) in [4.78, 5) is 0. The van der Waals surface area contributed by atoms with Crippen LogP contribution < -0.4 is 0 Å².